The largest absolute Gasteiger partial charge is 0.349 e. The molecule has 1 aliphatic heterocycles. The van der Waals surface area contributed by atoms with Crippen molar-refractivity contribution in [3.63, 3.8) is 0 Å². The maximum Gasteiger partial charge on any atom is 0.227 e. The van der Waals surface area contributed by atoms with Crippen molar-refractivity contribution in [2.45, 2.75) is 51.5 Å². The van der Waals surface area contributed by atoms with Crippen LogP contribution in [0.1, 0.15) is 56.2 Å². The first-order valence-electron chi connectivity index (χ1n) is 12.0. The number of piperidine rings is 1. The van der Waals surface area contributed by atoms with Gasteiger partial charge in [-0.05, 0) is 62.3 Å². The second kappa shape index (κ2) is 10.6. The van der Waals surface area contributed by atoms with E-state index in [1.54, 1.807) is 0 Å². The first kappa shape index (κ1) is 23.0. The van der Waals surface area contributed by atoms with Crippen LogP contribution in [0.2, 0.25) is 0 Å². The molecule has 2 fully saturated rings. The molecule has 0 bridgehead atoms. The van der Waals surface area contributed by atoms with Gasteiger partial charge >= 0.3 is 0 Å². The van der Waals surface area contributed by atoms with Gasteiger partial charge in [0.25, 0.3) is 0 Å². The van der Waals surface area contributed by atoms with Crippen LogP contribution in [-0.2, 0) is 20.8 Å². The SMILES string of the molecule is CC(NC(=O)C1CCN(C(=O)CCc2ccccc2)CC1)c1ccc(NC(=O)C2CC2)cc1. The predicted molar refractivity (Wildman–Crippen MR) is 128 cm³/mol. The average Bonchev–Trinajstić information content (AvgIpc) is 3.69. The van der Waals surface area contributed by atoms with Crippen LogP contribution >= 0.6 is 0 Å². The van der Waals surface area contributed by atoms with Gasteiger partial charge in [-0.3, -0.25) is 14.4 Å². The van der Waals surface area contributed by atoms with Crippen LogP contribution < -0.4 is 10.6 Å². The lowest BCUT2D eigenvalue weighted by molar-refractivity contribution is -0.135. The number of aryl methyl sites for hydroxylation is 1. The zero-order valence-electron chi connectivity index (χ0n) is 19.3. The molecular formula is C27H33N3O3. The van der Waals surface area contributed by atoms with Crippen molar-refractivity contribution < 1.29 is 14.4 Å². The van der Waals surface area contributed by atoms with Gasteiger partial charge in [0, 0.05) is 37.0 Å². The van der Waals surface area contributed by atoms with Crippen molar-refractivity contribution in [3.8, 4) is 0 Å². The zero-order valence-corrected chi connectivity index (χ0v) is 19.3. The van der Waals surface area contributed by atoms with E-state index in [4.69, 9.17) is 0 Å². The van der Waals surface area contributed by atoms with Crippen LogP contribution in [0.4, 0.5) is 5.69 Å². The Labute approximate surface area is 195 Å². The molecule has 2 aromatic carbocycles. The van der Waals surface area contributed by atoms with Crippen LogP contribution in [0.5, 0.6) is 0 Å². The molecule has 1 saturated carbocycles. The number of amides is 3. The summed E-state index contributed by atoms with van der Waals surface area (Å²) in [5.74, 6) is 0.412. The summed E-state index contributed by atoms with van der Waals surface area (Å²) >= 11 is 0. The van der Waals surface area contributed by atoms with Crippen LogP contribution in [0, 0.1) is 11.8 Å². The second-order valence-electron chi connectivity index (χ2n) is 9.26. The number of rotatable bonds is 8. The zero-order chi connectivity index (χ0) is 23.2. The molecule has 1 aliphatic carbocycles. The molecule has 33 heavy (non-hydrogen) atoms. The summed E-state index contributed by atoms with van der Waals surface area (Å²) < 4.78 is 0. The van der Waals surface area contributed by atoms with Gasteiger partial charge in [-0.25, -0.2) is 0 Å². The fourth-order valence-electron chi connectivity index (χ4n) is 4.30. The van der Waals surface area contributed by atoms with Gasteiger partial charge in [0.2, 0.25) is 17.7 Å². The summed E-state index contributed by atoms with van der Waals surface area (Å²) in [6.07, 6.45) is 4.61. The van der Waals surface area contributed by atoms with Crippen LogP contribution in [0.25, 0.3) is 0 Å². The molecule has 1 heterocycles. The monoisotopic (exact) mass is 447 g/mol. The summed E-state index contributed by atoms with van der Waals surface area (Å²) in [7, 11) is 0. The molecule has 6 heteroatoms. The molecule has 2 aromatic rings. The normalized spacial score (nSPS) is 17.3. The molecule has 2 N–H and O–H groups in total. The second-order valence-corrected chi connectivity index (χ2v) is 9.26. The van der Waals surface area contributed by atoms with Crippen molar-refractivity contribution in [2.24, 2.45) is 11.8 Å². The molecule has 4 rings (SSSR count). The Hall–Kier alpha value is -3.15. The van der Waals surface area contributed by atoms with Crippen molar-refractivity contribution in [2.75, 3.05) is 18.4 Å². The summed E-state index contributed by atoms with van der Waals surface area (Å²) in [6, 6.07) is 17.6. The number of hydrogen-bond acceptors (Lipinski definition) is 3. The number of nitrogens with zero attached hydrogens (tertiary/aromatic N) is 1. The molecule has 1 unspecified atom stereocenters. The predicted octanol–water partition coefficient (Wildman–Crippen LogP) is 4.08. The third-order valence-electron chi connectivity index (χ3n) is 6.67. The molecule has 6 nitrogen and oxygen atoms in total. The number of benzene rings is 2. The summed E-state index contributed by atoms with van der Waals surface area (Å²) in [5, 5.41) is 6.05. The maximum absolute atomic E-state index is 12.8. The van der Waals surface area contributed by atoms with Crippen LogP contribution in [0.3, 0.4) is 0 Å². The highest BCUT2D eigenvalue weighted by Gasteiger charge is 2.30. The number of anilines is 1. The Balaban J connectivity index is 1.20. The van der Waals surface area contributed by atoms with Gasteiger partial charge in [-0.1, -0.05) is 42.5 Å². The van der Waals surface area contributed by atoms with Gasteiger partial charge < -0.3 is 15.5 Å². The van der Waals surface area contributed by atoms with E-state index in [1.807, 2.05) is 66.4 Å². The molecule has 0 spiro atoms. The van der Waals surface area contributed by atoms with E-state index < -0.39 is 0 Å². The minimum atomic E-state index is -0.115. The van der Waals surface area contributed by atoms with Crippen molar-refractivity contribution in [3.05, 3.63) is 65.7 Å². The Bertz CT molecular complexity index is 962. The van der Waals surface area contributed by atoms with Crippen molar-refractivity contribution in [1.29, 1.82) is 0 Å². The number of likely N-dealkylation sites (tertiary alicyclic amines) is 1. The third-order valence-corrected chi connectivity index (χ3v) is 6.67. The van der Waals surface area contributed by atoms with E-state index in [1.165, 1.54) is 5.56 Å². The lowest BCUT2D eigenvalue weighted by Crippen LogP contribution is -2.43. The standard InChI is InChI=1S/C27H33N3O3/c1-19(21-10-12-24(13-11-21)29-27(33)22-8-9-22)28-26(32)23-15-17-30(18-16-23)25(31)14-7-20-5-3-2-4-6-20/h2-6,10-13,19,22-23H,7-9,14-18H2,1H3,(H,28,32)(H,29,33). The minimum absolute atomic E-state index is 0.0463. The summed E-state index contributed by atoms with van der Waals surface area (Å²) in [4.78, 5) is 39.1. The molecule has 174 valence electrons. The maximum atomic E-state index is 12.8. The van der Waals surface area contributed by atoms with Gasteiger partial charge in [-0.15, -0.1) is 0 Å². The number of hydrogen-bond donors (Lipinski definition) is 2. The average molecular weight is 448 g/mol. The summed E-state index contributed by atoms with van der Waals surface area (Å²) in [6.45, 7) is 3.24. The lowest BCUT2D eigenvalue weighted by atomic mass is 9.94. The van der Waals surface area contributed by atoms with Crippen LogP contribution in [0.15, 0.2) is 54.6 Å². The molecular weight excluding hydrogens is 414 g/mol. The minimum Gasteiger partial charge on any atom is -0.349 e. The molecule has 1 saturated heterocycles. The Morgan fingerprint density at radius 3 is 2.15 bits per heavy atom. The Morgan fingerprint density at radius 1 is 0.879 bits per heavy atom. The van der Waals surface area contributed by atoms with E-state index in [0.29, 0.717) is 32.4 Å². The van der Waals surface area contributed by atoms with E-state index in [0.717, 1.165) is 30.5 Å². The molecule has 0 radical (unpaired) electrons. The van der Waals surface area contributed by atoms with Crippen molar-refractivity contribution in [1.82, 2.24) is 10.2 Å². The third kappa shape index (κ3) is 6.44. The highest BCUT2D eigenvalue weighted by molar-refractivity contribution is 5.94. The van der Waals surface area contributed by atoms with Gasteiger partial charge in [0.05, 0.1) is 6.04 Å². The summed E-state index contributed by atoms with van der Waals surface area (Å²) in [5.41, 5.74) is 2.97. The number of carbonyl (C=O) groups excluding carboxylic acids is 3. The van der Waals surface area contributed by atoms with Gasteiger partial charge in [0.15, 0.2) is 0 Å². The smallest absolute Gasteiger partial charge is 0.227 e. The van der Waals surface area contributed by atoms with E-state index in [-0.39, 0.29) is 35.6 Å². The fourth-order valence-corrected chi connectivity index (χ4v) is 4.30. The van der Waals surface area contributed by atoms with Gasteiger partial charge in [0.1, 0.15) is 0 Å². The fraction of sp³-hybridized carbons (Fsp3) is 0.444. The highest BCUT2D eigenvalue weighted by Crippen LogP contribution is 2.30. The first-order chi connectivity index (χ1) is 16.0. The quantitative estimate of drug-likeness (QED) is 0.640. The van der Waals surface area contributed by atoms with Crippen molar-refractivity contribution >= 4 is 23.4 Å². The van der Waals surface area contributed by atoms with E-state index >= 15 is 0 Å². The van der Waals surface area contributed by atoms with E-state index in [2.05, 4.69) is 10.6 Å². The van der Waals surface area contributed by atoms with Crippen LogP contribution in [-0.4, -0.2) is 35.7 Å². The Morgan fingerprint density at radius 2 is 1.52 bits per heavy atom. The molecule has 0 aromatic heterocycles. The number of nitrogens with one attached hydrogen (secondary N) is 2. The first-order valence-corrected chi connectivity index (χ1v) is 12.0. The van der Waals surface area contributed by atoms with E-state index in [9.17, 15) is 14.4 Å². The topological polar surface area (TPSA) is 78.5 Å². The van der Waals surface area contributed by atoms with Gasteiger partial charge in [-0.2, -0.15) is 0 Å². The lowest BCUT2D eigenvalue weighted by Gasteiger charge is -2.32. The highest BCUT2D eigenvalue weighted by atomic mass is 16.2. The molecule has 2 aliphatic rings. The Kier molecular flexibility index (Phi) is 7.43. The molecule has 3 amide bonds. The number of carbonyl (C=O) groups is 3. The molecule has 1 atom stereocenters.